The third kappa shape index (κ3) is 77.1. The van der Waals surface area contributed by atoms with Crippen molar-refractivity contribution in [1.82, 2.24) is 0 Å². The minimum atomic E-state index is -5.00. The lowest BCUT2D eigenvalue weighted by atomic mass is 10.1. The van der Waals surface area contributed by atoms with Crippen molar-refractivity contribution in [3.8, 4) is 0 Å². The number of carbonyl (C=O) groups is 4. The van der Waals surface area contributed by atoms with Crippen molar-refractivity contribution in [2.75, 3.05) is 39.6 Å². The number of unbranched alkanes of at least 4 members (excludes halogenated alkanes) is 26. The van der Waals surface area contributed by atoms with E-state index in [0.717, 1.165) is 205 Å². The Morgan fingerprint density at radius 1 is 0.274 bits per heavy atom. The second-order valence-electron chi connectivity index (χ2n) is 26.9. The number of hydrogen-bond donors (Lipinski definition) is 3. The summed E-state index contributed by atoms with van der Waals surface area (Å²) in [7, 11) is -9.99. The molecule has 0 aromatic heterocycles. The molecule has 0 heterocycles. The molecule has 0 saturated carbocycles. The van der Waals surface area contributed by atoms with Crippen LogP contribution in [0.5, 0.6) is 0 Å². The van der Waals surface area contributed by atoms with Gasteiger partial charge in [0.2, 0.25) is 0 Å². The van der Waals surface area contributed by atoms with Gasteiger partial charge in [0.05, 0.1) is 26.4 Å². The topological polar surface area (TPSA) is 237 Å². The number of phosphoric ester groups is 2. The van der Waals surface area contributed by atoms with Crippen LogP contribution in [0.2, 0.25) is 0 Å². The zero-order chi connectivity index (χ0) is 77.4. The number of carbonyl (C=O) groups excluding carboxylic acids is 4. The summed E-state index contributed by atoms with van der Waals surface area (Å²) in [4.78, 5) is 73.1. The molecule has 0 aromatic rings. The van der Waals surface area contributed by atoms with E-state index in [1.54, 1.807) is 0 Å². The molecular weight excluding hydrogens is 1380 g/mol. The van der Waals surface area contributed by atoms with Crippen molar-refractivity contribution in [3.63, 3.8) is 0 Å². The molecule has 0 aliphatic rings. The van der Waals surface area contributed by atoms with E-state index in [9.17, 15) is 43.2 Å². The SMILES string of the molecule is CC/C=C\C/C=C\C/C=C\C/C=C\C/C=C\CCCCCC(=O)OCC(COP(=O)(O)OCC(O)COP(=O)(O)OCC(COC(=O)CCCCCCC/C=C\C/C=C\CCCCC)OC(=O)CCCCCCC/C=C\C/C=C\CCCCC)OC(=O)CCCCCCCCC/C=C\C/C=C\C/C=C\CC. The number of ether oxygens (including phenoxy) is 4. The van der Waals surface area contributed by atoms with Gasteiger partial charge in [0.25, 0.3) is 0 Å². The normalized spacial score (nSPS) is 14.6. The molecule has 0 aliphatic carbocycles. The first-order valence-electron chi connectivity index (χ1n) is 41.1. The Labute approximate surface area is 643 Å². The number of allylic oxidation sites excluding steroid dienone is 24. The first-order valence-corrected chi connectivity index (χ1v) is 44.1. The van der Waals surface area contributed by atoms with Gasteiger partial charge in [-0.1, -0.05) is 276 Å². The van der Waals surface area contributed by atoms with Crippen molar-refractivity contribution in [2.24, 2.45) is 0 Å². The number of phosphoric acid groups is 2. The summed E-state index contributed by atoms with van der Waals surface area (Å²) in [5, 5.41) is 10.7. The highest BCUT2D eigenvalue weighted by atomic mass is 31.2. The molecule has 0 aromatic carbocycles. The molecule has 5 unspecified atom stereocenters. The van der Waals surface area contributed by atoms with E-state index in [-0.39, 0.29) is 25.7 Å². The van der Waals surface area contributed by atoms with E-state index >= 15 is 0 Å². The highest BCUT2D eigenvalue weighted by molar-refractivity contribution is 7.47. The predicted molar refractivity (Wildman–Crippen MR) is 436 cm³/mol. The molecule has 17 nitrogen and oxygen atoms in total. The van der Waals surface area contributed by atoms with Gasteiger partial charge in [-0.15, -0.1) is 0 Å². The largest absolute Gasteiger partial charge is 0.472 e. The molecule has 3 N–H and O–H groups in total. The van der Waals surface area contributed by atoms with Gasteiger partial charge >= 0.3 is 39.5 Å². The predicted octanol–water partition coefficient (Wildman–Crippen LogP) is 24.2. The molecule has 0 spiro atoms. The first-order chi connectivity index (χ1) is 51.7. The van der Waals surface area contributed by atoms with Crippen molar-refractivity contribution in [1.29, 1.82) is 0 Å². The Balaban J connectivity index is 5.44. The van der Waals surface area contributed by atoms with E-state index < -0.39 is 97.5 Å². The Morgan fingerprint density at radius 2 is 0.491 bits per heavy atom. The lowest BCUT2D eigenvalue weighted by Gasteiger charge is -2.21. The number of aliphatic hydroxyl groups excluding tert-OH is 1. The quantitative estimate of drug-likeness (QED) is 0.0169. The van der Waals surface area contributed by atoms with E-state index in [0.29, 0.717) is 25.7 Å². The maximum atomic E-state index is 13.1. The van der Waals surface area contributed by atoms with E-state index in [2.05, 4.69) is 174 Å². The summed E-state index contributed by atoms with van der Waals surface area (Å²) in [6.45, 7) is 4.54. The fraction of sp³-hybridized carbons (Fsp3) is 0.678. The average Bonchev–Trinajstić information content (AvgIpc) is 0.902. The number of esters is 4. The van der Waals surface area contributed by atoms with E-state index in [1.807, 2.05) is 0 Å². The van der Waals surface area contributed by atoms with Gasteiger partial charge in [-0.25, -0.2) is 9.13 Å². The Bertz CT molecular complexity index is 2580. The summed E-state index contributed by atoms with van der Waals surface area (Å²) < 4.78 is 68.7. The molecule has 0 radical (unpaired) electrons. The van der Waals surface area contributed by atoms with Gasteiger partial charge in [0, 0.05) is 25.7 Å². The van der Waals surface area contributed by atoms with Gasteiger partial charge in [-0.2, -0.15) is 0 Å². The van der Waals surface area contributed by atoms with Gasteiger partial charge < -0.3 is 33.8 Å². The fourth-order valence-electron chi connectivity index (χ4n) is 10.6. The standard InChI is InChI=1S/C87H146O17P2/c1-5-9-13-17-21-25-29-33-37-39-40-42-45-48-52-56-60-64-68-72-85(90)98-78-83(104-87(92)74-70-66-62-58-54-50-46-41-38-34-30-26-22-18-14-10-6-2)80-102-106(95,96)100-76-81(88)75-99-105(93,94)101-79-82(103-86(91)73-69-65-61-57-53-49-44-36-32-28-24-20-16-12-8-4)77-97-84(89)71-67-63-59-55-51-47-43-35-31-27-23-19-15-11-7-3/h9-10,13-14,21-28,33-38,40,42-44,48,52,81-83,88H,5-8,11-12,15-20,29-32,39,41,45-47,49-51,53-80H2,1-4H3,(H,93,94)(H,95,96)/b13-9-,14-10-,25-21-,26-22-,27-23-,28-24-,37-33-,38-34-,42-40-,43-35-,44-36-,52-48-. The van der Waals surface area contributed by atoms with Crippen molar-refractivity contribution in [2.45, 2.75) is 341 Å². The van der Waals surface area contributed by atoms with Crippen LogP contribution in [0.1, 0.15) is 323 Å². The van der Waals surface area contributed by atoms with Crippen LogP contribution in [0, 0.1) is 0 Å². The molecule has 606 valence electrons. The van der Waals surface area contributed by atoms with Gasteiger partial charge in [0.1, 0.15) is 19.3 Å². The molecule has 0 bridgehead atoms. The Hall–Kier alpha value is -5.06. The highest BCUT2D eigenvalue weighted by Gasteiger charge is 2.30. The maximum absolute atomic E-state index is 13.1. The smallest absolute Gasteiger partial charge is 0.462 e. The number of aliphatic hydroxyl groups is 1. The van der Waals surface area contributed by atoms with E-state index in [4.69, 9.17) is 37.0 Å². The molecule has 0 fully saturated rings. The molecule has 19 heteroatoms. The minimum Gasteiger partial charge on any atom is -0.462 e. The van der Waals surface area contributed by atoms with Crippen LogP contribution >= 0.6 is 15.6 Å². The van der Waals surface area contributed by atoms with Gasteiger partial charge in [-0.05, 0) is 167 Å². The molecule has 5 atom stereocenters. The van der Waals surface area contributed by atoms with Crippen LogP contribution in [-0.2, 0) is 65.4 Å². The fourth-order valence-corrected chi connectivity index (χ4v) is 12.1. The second kappa shape index (κ2) is 78.1. The van der Waals surface area contributed by atoms with Crippen LogP contribution in [0.3, 0.4) is 0 Å². The van der Waals surface area contributed by atoms with Crippen LogP contribution in [0.4, 0.5) is 0 Å². The molecule has 0 rings (SSSR count). The van der Waals surface area contributed by atoms with Crippen molar-refractivity contribution < 1.29 is 80.2 Å². The summed E-state index contributed by atoms with van der Waals surface area (Å²) >= 11 is 0. The monoisotopic (exact) mass is 1530 g/mol. The third-order valence-corrected chi connectivity index (χ3v) is 18.7. The lowest BCUT2D eigenvalue weighted by molar-refractivity contribution is -0.161. The highest BCUT2D eigenvalue weighted by Crippen LogP contribution is 2.45. The summed E-state index contributed by atoms with van der Waals surface area (Å²) in [5.74, 6) is -2.25. The third-order valence-electron chi connectivity index (χ3n) is 16.8. The second-order valence-corrected chi connectivity index (χ2v) is 29.8. The Morgan fingerprint density at radius 3 is 0.764 bits per heavy atom. The number of rotatable bonds is 76. The van der Waals surface area contributed by atoms with Gasteiger partial charge in [0.15, 0.2) is 12.2 Å². The lowest BCUT2D eigenvalue weighted by Crippen LogP contribution is -2.30. The van der Waals surface area contributed by atoms with Crippen LogP contribution in [0.25, 0.3) is 0 Å². The summed E-state index contributed by atoms with van der Waals surface area (Å²) in [6.07, 6.45) is 89.5. The molecule has 0 saturated heterocycles. The molecule has 106 heavy (non-hydrogen) atoms. The van der Waals surface area contributed by atoms with Crippen molar-refractivity contribution in [3.05, 3.63) is 146 Å². The molecule has 0 amide bonds. The molecule has 0 aliphatic heterocycles. The zero-order valence-electron chi connectivity index (χ0n) is 66.3. The van der Waals surface area contributed by atoms with E-state index in [1.165, 1.54) is 38.5 Å². The van der Waals surface area contributed by atoms with Crippen LogP contribution in [-0.4, -0.2) is 96.7 Å². The van der Waals surface area contributed by atoms with Crippen molar-refractivity contribution >= 4 is 39.5 Å². The van der Waals surface area contributed by atoms with Crippen LogP contribution < -0.4 is 0 Å². The Kier molecular flexibility index (Phi) is 74.3. The molecular formula is C87H146O17P2. The maximum Gasteiger partial charge on any atom is 0.472 e. The number of hydrogen-bond acceptors (Lipinski definition) is 15. The summed E-state index contributed by atoms with van der Waals surface area (Å²) in [5.41, 5.74) is 0. The summed E-state index contributed by atoms with van der Waals surface area (Å²) in [6, 6.07) is 0. The minimum absolute atomic E-state index is 0.0712. The first kappa shape index (κ1) is 101. The average molecular weight is 1530 g/mol. The van der Waals surface area contributed by atoms with Crippen LogP contribution in [0.15, 0.2) is 146 Å². The zero-order valence-corrected chi connectivity index (χ0v) is 68.1. The van der Waals surface area contributed by atoms with Gasteiger partial charge in [-0.3, -0.25) is 37.3 Å².